The molecule has 1 saturated heterocycles. The topological polar surface area (TPSA) is 58.6 Å². The molecule has 118 valence electrons. The maximum Gasteiger partial charge on any atom is 0.410 e. The Morgan fingerprint density at radius 1 is 1.32 bits per heavy atom. The Bertz CT molecular complexity index is 606. The van der Waals surface area contributed by atoms with Crippen molar-refractivity contribution < 1.29 is 14.3 Å². The van der Waals surface area contributed by atoms with Gasteiger partial charge in [-0.25, -0.2) is 4.79 Å². The highest BCUT2D eigenvalue weighted by molar-refractivity contribution is 6.03. The number of carbonyl (C=O) groups is 2. The van der Waals surface area contributed by atoms with Crippen molar-refractivity contribution in [1.82, 2.24) is 4.90 Å². The van der Waals surface area contributed by atoms with E-state index in [0.717, 1.165) is 17.7 Å². The van der Waals surface area contributed by atoms with Crippen LogP contribution < -0.4 is 5.32 Å². The van der Waals surface area contributed by atoms with E-state index in [-0.39, 0.29) is 23.8 Å². The number of nitrogens with zero attached hydrogens (tertiary/aromatic N) is 1. The first-order valence-electron chi connectivity index (χ1n) is 7.73. The molecule has 2 amide bonds. The molecule has 2 atom stereocenters. The van der Waals surface area contributed by atoms with Crippen LogP contribution in [0.5, 0.6) is 0 Å². The zero-order chi connectivity index (χ0) is 15.9. The number of nitrogens with one attached hydrogen (secondary N) is 1. The number of benzene rings is 1. The van der Waals surface area contributed by atoms with Gasteiger partial charge >= 0.3 is 6.09 Å². The first kappa shape index (κ1) is 14.9. The number of para-hydroxylation sites is 1. The van der Waals surface area contributed by atoms with Crippen LogP contribution in [0.2, 0.25) is 0 Å². The third-order valence-electron chi connectivity index (χ3n) is 4.18. The fourth-order valence-electron chi connectivity index (χ4n) is 3.25. The molecule has 0 spiro atoms. The lowest BCUT2D eigenvalue weighted by molar-refractivity contribution is -0.118. The minimum Gasteiger partial charge on any atom is -0.444 e. The molecule has 2 aliphatic heterocycles. The summed E-state index contributed by atoms with van der Waals surface area (Å²) in [7, 11) is 0. The minimum absolute atomic E-state index is 0.0391. The zero-order valence-electron chi connectivity index (χ0n) is 13.3. The van der Waals surface area contributed by atoms with Crippen molar-refractivity contribution in [2.45, 2.75) is 38.7 Å². The smallest absolute Gasteiger partial charge is 0.410 e. The van der Waals surface area contributed by atoms with Crippen LogP contribution in [0.1, 0.15) is 38.7 Å². The Balaban J connectivity index is 1.71. The van der Waals surface area contributed by atoms with E-state index in [1.807, 2.05) is 45.0 Å². The lowest BCUT2D eigenvalue weighted by Gasteiger charge is -2.25. The normalized spacial score (nSPS) is 24.1. The number of rotatable bonds is 1. The molecule has 0 radical (unpaired) electrons. The Morgan fingerprint density at radius 3 is 2.77 bits per heavy atom. The van der Waals surface area contributed by atoms with E-state index < -0.39 is 5.60 Å². The van der Waals surface area contributed by atoms with Crippen molar-refractivity contribution in [3.63, 3.8) is 0 Å². The number of amides is 2. The summed E-state index contributed by atoms with van der Waals surface area (Å²) in [5.41, 5.74) is 1.45. The van der Waals surface area contributed by atoms with Crippen LogP contribution >= 0.6 is 0 Å². The van der Waals surface area contributed by atoms with Crippen molar-refractivity contribution in [2.75, 3.05) is 18.4 Å². The highest BCUT2D eigenvalue weighted by Crippen LogP contribution is 2.40. The zero-order valence-corrected chi connectivity index (χ0v) is 13.3. The second kappa shape index (κ2) is 5.30. The van der Waals surface area contributed by atoms with Crippen LogP contribution in [-0.2, 0) is 9.53 Å². The van der Waals surface area contributed by atoms with E-state index >= 15 is 0 Å². The third kappa shape index (κ3) is 2.80. The molecular weight excluding hydrogens is 280 g/mol. The summed E-state index contributed by atoms with van der Waals surface area (Å²) in [6.45, 7) is 6.80. The Hall–Kier alpha value is -2.04. The molecular formula is C17H22N2O3. The predicted octanol–water partition coefficient (Wildman–Crippen LogP) is 2.98. The number of likely N-dealkylation sites (tertiary alicyclic amines) is 1. The summed E-state index contributed by atoms with van der Waals surface area (Å²) in [6, 6.07) is 7.79. The van der Waals surface area contributed by atoms with Gasteiger partial charge in [0.15, 0.2) is 0 Å². The van der Waals surface area contributed by atoms with Crippen molar-refractivity contribution in [2.24, 2.45) is 5.92 Å². The molecule has 22 heavy (non-hydrogen) atoms. The first-order chi connectivity index (χ1) is 10.3. The predicted molar refractivity (Wildman–Crippen MR) is 83.7 cm³/mol. The van der Waals surface area contributed by atoms with Crippen LogP contribution in [0, 0.1) is 5.92 Å². The molecule has 5 heteroatoms. The first-order valence-corrected chi connectivity index (χ1v) is 7.73. The lowest BCUT2D eigenvalue weighted by Crippen LogP contribution is -2.36. The highest BCUT2D eigenvalue weighted by Gasteiger charge is 2.41. The van der Waals surface area contributed by atoms with Crippen LogP contribution in [0.25, 0.3) is 0 Å². The van der Waals surface area contributed by atoms with E-state index in [2.05, 4.69) is 5.32 Å². The Labute approximate surface area is 130 Å². The minimum atomic E-state index is -0.494. The monoisotopic (exact) mass is 302 g/mol. The van der Waals surface area contributed by atoms with E-state index in [1.54, 1.807) is 4.90 Å². The van der Waals surface area contributed by atoms with E-state index in [0.29, 0.717) is 13.1 Å². The summed E-state index contributed by atoms with van der Waals surface area (Å²) in [5, 5.41) is 2.93. The van der Waals surface area contributed by atoms with Crippen molar-refractivity contribution in [1.29, 1.82) is 0 Å². The average Bonchev–Trinajstić information content (AvgIpc) is 2.99. The molecule has 0 saturated carbocycles. The molecule has 0 aromatic heterocycles. The third-order valence-corrected chi connectivity index (χ3v) is 4.18. The molecule has 1 fully saturated rings. The van der Waals surface area contributed by atoms with Gasteiger partial charge in [-0.3, -0.25) is 4.79 Å². The molecule has 0 bridgehead atoms. The van der Waals surface area contributed by atoms with Crippen LogP contribution in [-0.4, -0.2) is 35.6 Å². The van der Waals surface area contributed by atoms with E-state index in [9.17, 15) is 9.59 Å². The van der Waals surface area contributed by atoms with Gasteiger partial charge in [0.1, 0.15) is 5.60 Å². The molecule has 0 aliphatic carbocycles. The summed E-state index contributed by atoms with van der Waals surface area (Å²) in [5.74, 6) is 0.0250. The van der Waals surface area contributed by atoms with Gasteiger partial charge in [-0.1, -0.05) is 18.2 Å². The van der Waals surface area contributed by atoms with Gasteiger partial charge in [-0.15, -0.1) is 0 Å². The molecule has 2 aliphatic rings. The Kier molecular flexibility index (Phi) is 3.59. The second-order valence-corrected chi connectivity index (χ2v) is 7.03. The molecule has 1 aromatic rings. The number of ether oxygens (including phenoxy) is 1. The molecule has 1 aromatic carbocycles. The number of carbonyl (C=O) groups excluding carboxylic acids is 2. The molecule has 1 N–H and O–H groups in total. The van der Waals surface area contributed by atoms with Gasteiger partial charge in [0.2, 0.25) is 5.91 Å². The summed E-state index contributed by atoms with van der Waals surface area (Å²) in [4.78, 5) is 26.1. The maximum atomic E-state index is 12.3. The van der Waals surface area contributed by atoms with Gasteiger partial charge in [-0.2, -0.15) is 0 Å². The van der Waals surface area contributed by atoms with Crippen LogP contribution in [0.3, 0.4) is 0 Å². The van der Waals surface area contributed by atoms with Crippen LogP contribution in [0.4, 0.5) is 10.5 Å². The van der Waals surface area contributed by atoms with Gasteiger partial charge < -0.3 is 15.0 Å². The second-order valence-electron chi connectivity index (χ2n) is 7.03. The fourth-order valence-corrected chi connectivity index (χ4v) is 3.25. The highest BCUT2D eigenvalue weighted by atomic mass is 16.6. The number of hydrogen-bond acceptors (Lipinski definition) is 3. The molecule has 3 rings (SSSR count). The van der Waals surface area contributed by atoms with Crippen molar-refractivity contribution in [3.05, 3.63) is 29.8 Å². The summed E-state index contributed by atoms with van der Waals surface area (Å²) in [6.07, 6.45) is 0.535. The number of anilines is 1. The molecule has 5 nitrogen and oxygen atoms in total. The largest absolute Gasteiger partial charge is 0.444 e. The quantitative estimate of drug-likeness (QED) is 0.867. The number of fused-ring (bicyclic) bond motifs is 1. The standard InChI is InChI=1S/C17H22N2O3/c1-17(2,3)22-16(21)19-9-8-11(10-19)14-12-6-4-5-7-13(12)18-15(14)20/h4-7,11,14H,8-10H2,1-3H3,(H,18,20)/t11-,14-/m1/s1. The summed E-state index contributed by atoms with van der Waals surface area (Å²) < 4.78 is 5.42. The van der Waals surface area contributed by atoms with Gasteiger partial charge in [0.05, 0.1) is 5.92 Å². The van der Waals surface area contributed by atoms with Gasteiger partial charge in [-0.05, 0) is 44.7 Å². The SMILES string of the molecule is CC(C)(C)OC(=O)N1CC[C@@H]([C@H]2C(=O)Nc3ccccc32)C1. The van der Waals surface area contributed by atoms with Gasteiger partial charge in [0.25, 0.3) is 0 Å². The van der Waals surface area contributed by atoms with E-state index in [1.165, 1.54) is 0 Å². The number of hydrogen-bond donors (Lipinski definition) is 1. The average molecular weight is 302 g/mol. The Morgan fingerprint density at radius 2 is 2.05 bits per heavy atom. The molecule has 2 heterocycles. The maximum absolute atomic E-state index is 12.3. The fraction of sp³-hybridized carbons (Fsp3) is 0.529. The lowest BCUT2D eigenvalue weighted by atomic mass is 9.86. The van der Waals surface area contributed by atoms with Crippen molar-refractivity contribution >= 4 is 17.7 Å². The summed E-state index contributed by atoms with van der Waals surface area (Å²) >= 11 is 0. The van der Waals surface area contributed by atoms with Crippen LogP contribution in [0.15, 0.2) is 24.3 Å². The van der Waals surface area contributed by atoms with Gasteiger partial charge in [0, 0.05) is 18.8 Å². The van der Waals surface area contributed by atoms with Crippen molar-refractivity contribution in [3.8, 4) is 0 Å². The molecule has 0 unspecified atom stereocenters. The van der Waals surface area contributed by atoms with E-state index in [4.69, 9.17) is 4.74 Å².